The Bertz CT molecular complexity index is 1250. The van der Waals surface area contributed by atoms with E-state index in [1.54, 1.807) is 29.7 Å². The fourth-order valence-corrected chi connectivity index (χ4v) is 5.67. The van der Waals surface area contributed by atoms with Crippen molar-refractivity contribution in [1.82, 2.24) is 9.99 Å². The molecule has 0 saturated carbocycles. The van der Waals surface area contributed by atoms with Crippen molar-refractivity contribution in [3.63, 3.8) is 0 Å². The van der Waals surface area contributed by atoms with Crippen molar-refractivity contribution < 1.29 is 4.79 Å². The van der Waals surface area contributed by atoms with Crippen LogP contribution in [0.3, 0.4) is 0 Å². The fourth-order valence-electron chi connectivity index (χ4n) is 3.92. The summed E-state index contributed by atoms with van der Waals surface area (Å²) in [6.07, 6.45) is 5.95. The molecule has 2 heterocycles. The molecule has 8 heteroatoms. The molecule has 31 heavy (non-hydrogen) atoms. The number of halogens is 2. The Morgan fingerprint density at radius 2 is 2.00 bits per heavy atom. The molecule has 1 aliphatic carbocycles. The minimum Gasteiger partial charge on any atom is -0.308 e. The van der Waals surface area contributed by atoms with Crippen molar-refractivity contribution in [2.24, 2.45) is 5.10 Å². The zero-order valence-electron chi connectivity index (χ0n) is 17.1. The van der Waals surface area contributed by atoms with E-state index >= 15 is 0 Å². The van der Waals surface area contributed by atoms with Gasteiger partial charge in [0, 0.05) is 27.4 Å². The third-order valence-corrected chi connectivity index (χ3v) is 7.51. The molecule has 0 atom stereocenters. The van der Waals surface area contributed by atoms with Gasteiger partial charge in [-0.05, 0) is 69.4 Å². The lowest BCUT2D eigenvalue weighted by Crippen LogP contribution is -2.17. The van der Waals surface area contributed by atoms with Crippen LogP contribution in [0.1, 0.15) is 56.2 Å². The van der Waals surface area contributed by atoms with Crippen LogP contribution >= 0.6 is 34.5 Å². The second-order valence-corrected chi connectivity index (χ2v) is 9.39. The highest BCUT2D eigenvalue weighted by molar-refractivity contribution is 7.15. The molecule has 5 nitrogen and oxygen atoms in total. The number of carbonyl (C=O) groups excluding carboxylic acids is 1. The summed E-state index contributed by atoms with van der Waals surface area (Å²) < 4.78 is 2.11. The van der Waals surface area contributed by atoms with E-state index in [-0.39, 0.29) is 5.91 Å². The largest absolute Gasteiger partial charge is 0.308 e. The van der Waals surface area contributed by atoms with Crippen LogP contribution in [-0.4, -0.2) is 16.7 Å². The quantitative estimate of drug-likeness (QED) is 0.376. The number of fused-ring (bicyclic) bond motifs is 1. The van der Waals surface area contributed by atoms with E-state index in [9.17, 15) is 10.1 Å². The smallest absolute Gasteiger partial charge is 0.271 e. The summed E-state index contributed by atoms with van der Waals surface area (Å²) >= 11 is 13.6. The SMILES string of the molecule is Cc1cc(/C=N/NC(=O)c2ccc(Cl)c(Cl)c2)c(C)n1-c1sc2c(c1C#N)CCCC2. The van der Waals surface area contributed by atoms with Crippen molar-refractivity contribution in [3.05, 3.63) is 72.8 Å². The van der Waals surface area contributed by atoms with E-state index in [1.165, 1.54) is 22.9 Å². The molecule has 1 N–H and O–H groups in total. The van der Waals surface area contributed by atoms with Crippen LogP contribution in [0.15, 0.2) is 29.4 Å². The van der Waals surface area contributed by atoms with Crippen LogP contribution in [0.5, 0.6) is 0 Å². The summed E-state index contributed by atoms with van der Waals surface area (Å²) in [5, 5.41) is 15.6. The first-order valence-electron chi connectivity index (χ1n) is 9.93. The Morgan fingerprint density at radius 3 is 2.74 bits per heavy atom. The maximum absolute atomic E-state index is 12.3. The molecule has 0 radical (unpaired) electrons. The molecule has 1 aromatic carbocycles. The van der Waals surface area contributed by atoms with Gasteiger partial charge in [0.05, 0.1) is 21.8 Å². The van der Waals surface area contributed by atoms with Crippen molar-refractivity contribution in [2.75, 3.05) is 0 Å². The molecule has 0 aliphatic heterocycles. The summed E-state index contributed by atoms with van der Waals surface area (Å²) in [5.41, 5.74) is 7.77. The predicted molar refractivity (Wildman–Crippen MR) is 126 cm³/mol. The van der Waals surface area contributed by atoms with Crippen LogP contribution in [0, 0.1) is 25.2 Å². The fraction of sp³-hybridized carbons (Fsp3) is 0.261. The highest BCUT2D eigenvalue weighted by Crippen LogP contribution is 2.38. The normalized spacial score (nSPS) is 13.3. The Hall–Kier alpha value is -2.59. The van der Waals surface area contributed by atoms with Crippen LogP contribution in [0.4, 0.5) is 0 Å². The average molecular weight is 471 g/mol. The molecule has 0 bridgehead atoms. The zero-order valence-corrected chi connectivity index (χ0v) is 19.5. The molecule has 158 valence electrons. The lowest BCUT2D eigenvalue weighted by atomic mass is 9.96. The Balaban J connectivity index is 1.59. The molecule has 3 aromatic rings. The number of amides is 1. The summed E-state index contributed by atoms with van der Waals surface area (Å²) in [4.78, 5) is 13.6. The van der Waals surface area contributed by atoms with Crippen LogP contribution in [0.25, 0.3) is 5.00 Å². The minimum absolute atomic E-state index is 0.314. The minimum atomic E-state index is -0.374. The Labute approximate surface area is 194 Å². The molecule has 0 saturated heterocycles. The van der Waals surface area contributed by atoms with E-state index in [1.807, 2.05) is 19.9 Å². The number of thiophene rings is 1. The Kier molecular flexibility index (Phi) is 6.19. The first kappa shape index (κ1) is 21.6. The van der Waals surface area contributed by atoms with Crippen LogP contribution in [-0.2, 0) is 12.8 Å². The standard InChI is InChI=1S/C23H20Cl2N4OS/c1-13-9-16(12-27-28-22(30)15-7-8-19(24)20(25)10-15)14(2)29(13)23-18(11-26)17-5-3-4-6-21(17)31-23/h7-10,12H,3-6H2,1-2H3,(H,28,30)/b27-12+. The number of aromatic nitrogens is 1. The first-order valence-corrected chi connectivity index (χ1v) is 11.5. The van der Waals surface area contributed by atoms with Crippen LogP contribution in [0.2, 0.25) is 10.0 Å². The number of hydrazone groups is 1. The second-order valence-electron chi connectivity index (χ2n) is 7.49. The monoisotopic (exact) mass is 470 g/mol. The van der Waals surface area contributed by atoms with Gasteiger partial charge in [0.15, 0.2) is 0 Å². The van der Waals surface area contributed by atoms with E-state index in [0.717, 1.165) is 46.8 Å². The topological polar surface area (TPSA) is 70.2 Å². The molecule has 1 amide bonds. The number of rotatable bonds is 4. The van der Waals surface area contributed by atoms with Gasteiger partial charge in [0.25, 0.3) is 5.91 Å². The highest BCUT2D eigenvalue weighted by atomic mass is 35.5. The number of carbonyl (C=O) groups is 1. The van der Waals surface area contributed by atoms with E-state index in [2.05, 4.69) is 21.2 Å². The summed E-state index contributed by atoms with van der Waals surface area (Å²) in [7, 11) is 0. The molecule has 0 fully saturated rings. The van der Waals surface area contributed by atoms with Crippen LogP contribution < -0.4 is 5.43 Å². The Morgan fingerprint density at radius 1 is 1.23 bits per heavy atom. The number of nitriles is 1. The summed E-state index contributed by atoms with van der Waals surface area (Å²) in [6, 6.07) is 9.10. The van der Waals surface area contributed by atoms with Gasteiger partial charge in [-0.1, -0.05) is 23.2 Å². The van der Waals surface area contributed by atoms with E-state index < -0.39 is 0 Å². The average Bonchev–Trinajstić information content (AvgIpc) is 3.25. The van der Waals surface area contributed by atoms with Gasteiger partial charge in [-0.2, -0.15) is 10.4 Å². The number of aryl methyl sites for hydroxylation is 2. The third kappa shape index (κ3) is 4.14. The number of hydrogen-bond donors (Lipinski definition) is 1. The zero-order chi connectivity index (χ0) is 22.1. The predicted octanol–water partition coefficient (Wildman–Crippen LogP) is 5.98. The van der Waals surface area contributed by atoms with Crippen molar-refractivity contribution >= 4 is 46.7 Å². The van der Waals surface area contributed by atoms with Crippen molar-refractivity contribution in [3.8, 4) is 11.1 Å². The lowest BCUT2D eigenvalue weighted by molar-refractivity contribution is 0.0955. The van der Waals surface area contributed by atoms with E-state index in [0.29, 0.717) is 15.6 Å². The van der Waals surface area contributed by atoms with E-state index in [4.69, 9.17) is 23.2 Å². The number of nitrogens with one attached hydrogen (secondary N) is 1. The second kappa shape index (κ2) is 8.88. The summed E-state index contributed by atoms with van der Waals surface area (Å²) in [6.45, 7) is 4.01. The molecule has 2 aromatic heterocycles. The lowest BCUT2D eigenvalue weighted by Gasteiger charge is -2.10. The molecular weight excluding hydrogens is 451 g/mol. The van der Waals surface area contributed by atoms with Gasteiger partial charge in [0.1, 0.15) is 11.1 Å². The van der Waals surface area contributed by atoms with Gasteiger partial charge in [-0.15, -0.1) is 11.3 Å². The molecule has 1 aliphatic rings. The number of benzene rings is 1. The third-order valence-electron chi connectivity index (χ3n) is 5.49. The maximum Gasteiger partial charge on any atom is 0.271 e. The molecular formula is C23H20Cl2N4OS. The van der Waals surface area contributed by atoms with Gasteiger partial charge >= 0.3 is 0 Å². The first-order chi connectivity index (χ1) is 14.9. The van der Waals surface area contributed by atoms with Crippen molar-refractivity contribution in [1.29, 1.82) is 5.26 Å². The van der Waals surface area contributed by atoms with Crippen molar-refractivity contribution in [2.45, 2.75) is 39.5 Å². The van der Waals surface area contributed by atoms with Gasteiger partial charge in [-0.3, -0.25) is 4.79 Å². The number of hydrogen-bond acceptors (Lipinski definition) is 4. The van der Waals surface area contributed by atoms with Gasteiger partial charge in [0.2, 0.25) is 0 Å². The highest BCUT2D eigenvalue weighted by Gasteiger charge is 2.23. The maximum atomic E-state index is 12.3. The number of nitrogens with zero attached hydrogens (tertiary/aromatic N) is 3. The van der Waals surface area contributed by atoms with Gasteiger partial charge in [-0.25, -0.2) is 5.43 Å². The van der Waals surface area contributed by atoms with Gasteiger partial charge < -0.3 is 4.57 Å². The molecule has 4 rings (SSSR count). The summed E-state index contributed by atoms with van der Waals surface area (Å²) in [5.74, 6) is -0.374. The molecule has 0 unspecified atom stereocenters. The molecule has 0 spiro atoms.